The molecule has 0 fully saturated rings. The first-order chi connectivity index (χ1) is 14.8. The fraction of sp³-hybridized carbons (Fsp3) is 0.955. The van der Waals surface area contributed by atoms with E-state index in [2.05, 4.69) is 6.92 Å². The lowest BCUT2D eigenvalue weighted by Crippen LogP contribution is -2.15. The normalized spacial score (nSPS) is 11.1. The molecule has 0 aromatic carbocycles. The van der Waals surface area contributed by atoms with Crippen molar-refractivity contribution in [2.75, 3.05) is 79.3 Å². The van der Waals surface area contributed by atoms with Gasteiger partial charge in [0.25, 0.3) is 0 Å². The molecule has 0 aliphatic carbocycles. The molecule has 1 N–H and O–H groups in total. The highest BCUT2D eigenvalue weighted by atomic mass is 16.6. The molecule has 0 spiro atoms. The summed E-state index contributed by atoms with van der Waals surface area (Å²) < 4.78 is 31.6. The summed E-state index contributed by atoms with van der Waals surface area (Å²) in [4.78, 5) is 11.6. The van der Waals surface area contributed by atoms with Crippen molar-refractivity contribution in [2.24, 2.45) is 0 Å². The summed E-state index contributed by atoms with van der Waals surface area (Å²) in [6.45, 7) is 7.18. The van der Waals surface area contributed by atoms with E-state index in [0.717, 1.165) is 12.8 Å². The minimum absolute atomic E-state index is 0.0287. The maximum Gasteiger partial charge on any atom is 0.305 e. The van der Waals surface area contributed by atoms with Gasteiger partial charge in [0.1, 0.15) is 6.61 Å². The second kappa shape index (κ2) is 26.3. The highest BCUT2D eigenvalue weighted by Gasteiger charge is 2.02. The maximum absolute atomic E-state index is 11.6. The molecule has 0 atom stereocenters. The minimum atomic E-state index is -0.137. The first-order valence-corrected chi connectivity index (χ1v) is 11.5. The number of carbonyl (C=O) groups is 1. The zero-order valence-electron chi connectivity index (χ0n) is 18.9. The van der Waals surface area contributed by atoms with Gasteiger partial charge < -0.3 is 33.5 Å². The largest absolute Gasteiger partial charge is 0.463 e. The van der Waals surface area contributed by atoms with E-state index in [1.54, 1.807) is 0 Å². The average Bonchev–Trinajstić information content (AvgIpc) is 2.75. The Hall–Kier alpha value is -0.770. The van der Waals surface area contributed by atoms with Crippen molar-refractivity contribution >= 4 is 5.97 Å². The molecular formula is C22H44O8. The Morgan fingerprint density at radius 3 is 1.43 bits per heavy atom. The van der Waals surface area contributed by atoms with Gasteiger partial charge in [-0.05, 0) is 6.42 Å². The number of aliphatic hydroxyl groups is 1. The summed E-state index contributed by atoms with van der Waals surface area (Å²) in [5.74, 6) is -0.137. The summed E-state index contributed by atoms with van der Waals surface area (Å²) in [5, 5.41) is 8.54. The lowest BCUT2D eigenvalue weighted by Gasteiger charge is -2.08. The smallest absolute Gasteiger partial charge is 0.305 e. The molecule has 0 aliphatic heterocycles. The molecule has 0 saturated heterocycles. The van der Waals surface area contributed by atoms with Gasteiger partial charge in [0.15, 0.2) is 0 Å². The average molecular weight is 437 g/mol. The van der Waals surface area contributed by atoms with E-state index in [0.29, 0.717) is 79.1 Å². The Morgan fingerprint density at radius 1 is 0.567 bits per heavy atom. The van der Waals surface area contributed by atoms with Gasteiger partial charge in [0.05, 0.1) is 72.7 Å². The van der Waals surface area contributed by atoms with E-state index >= 15 is 0 Å². The highest BCUT2D eigenvalue weighted by molar-refractivity contribution is 5.69. The van der Waals surface area contributed by atoms with Gasteiger partial charge in [-0.3, -0.25) is 4.79 Å². The molecule has 0 amide bonds. The Kier molecular flexibility index (Phi) is 25.6. The lowest BCUT2D eigenvalue weighted by atomic mass is 10.1. The van der Waals surface area contributed by atoms with Crippen LogP contribution in [0, 0.1) is 0 Å². The molecule has 0 unspecified atom stereocenters. The molecule has 0 aliphatic rings. The summed E-state index contributed by atoms with van der Waals surface area (Å²) in [6.07, 6.45) is 8.85. The van der Waals surface area contributed by atoms with E-state index in [9.17, 15) is 4.79 Å². The number of aliphatic hydroxyl groups excluding tert-OH is 1. The van der Waals surface area contributed by atoms with Crippen LogP contribution in [-0.4, -0.2) is 90.4 Å². The third-order valence-corrected chi connectivity index (χ3v) is 4.20. The number of hydrogen-bond acceptors (Lipinski definition) is 8. The maximum atomic E-state index is 11.6. The summed E-state index contributed by atoms with van der Waals surface area (Å²) >= 11 is 0. The molecule has 0 heterocycles. The zero-order valence-corrected chi connectivity index (χ0v) is 18.9. The molecule has 0 aromatic heterocycles. The van der Waals surface area contributed by atoms with E-state index in [1.165, 1.54) is 32.1 Å². The standard InChI is InChI=1S/C22H44O8/c1-2-3-4-5-6-7-8-9-22(24)30-21-20-29-19-18-28-17-16-27-15-14-26-13-12-25-11-10-23/h23H,2-21H2,1H3. The van der Waals surface area contributed by atoms with Crippen LogP contribution in [0.3, 0.4) is 0 Å². The number of unbranched alkanes of at least 4 members (excludes halogenated alkanes) is 6. The predicted octanol–water partition coefficient (Wildman–Crippen LogP) is 2.75. The predicted molar refractivity (Wildman–Crippen MR) is 115 cm³/mol. The van der Waals surface area contributed by atoms with Crippen molar-refractivity contribution in [1.29, 1.82) is 0 Å². The zero-order chi connectivity index (χ0) is 22.0. The highest BCUT2D eigenvalue weighted by Crippen LogP contribution is 2.08. The number of esters is 1. The number of rotatable bonds is 25. The van der Waals surface area contributed by atoms with Gasteiger partial charge in [-0.15, -0.1) is 0 Å². The van der Waals surface area contributed by atoms with Crippen LogP contribution in [0.2, 0.25) is 0 Å². The van der Waals surface area contributed by atoms with Gasteiger partial charge in [0, 0.05) is 6.42 Å². The van der Waals surface area contributed by atoms with Crippen molar-refractivity contribution in [2.45, 2.75) is 58.3 Å². The van der Waals surface area contributed by atoms with Crippen LogP contribution in [0.4, 0.5) is 0 Å². The van der Waals surface area contributed by atoms with Gasteiger partial charge in [-0.25, -0.2) is 0 Å². The van der Waals surface area contributed by atoms with Gasteiger partial charge in [-0.1, -0.05) is 45.4 Å². The van der Waals surface area contributed by atoms with Crippen molar-refractivity contribution in [3.8, 4) is 0 Å². The quantitative estimate of drug-likeness (QED) is 0.173. The van der Waals surface area contributed by atoms with E-state index in [1.807, 2.05) is 0 Å². The third-order valence-electron chi connectivity index (χ3n) is 4.20. The fourth-order valence-corrected chi connectivity index (χ4v) is 2.56. The number of hydrogen-bond donors (Lipinski definition) is 1. The molecule has 0 saturated carbocycles. The van der Waals surface area contributed by atoms with Crippen LogP contribution in [-0.2, 0) is 33.2 Å². The topological polar surface area (TPSA) is 92.7 Å². The van der Waals surface area contributed by atoms with E-state index < -0.39 is 0 Å². The fourth-order valence-electron chi connectivity index (χ4n) is 2.56. The second-order valence-electron chi connectivity index (χ2n) is 6.88. The van der Waals surface area contributed by atoms with Gasteiger partial charge >= 0.3 is 5.97 Å². The van der Waals surface area contributed by atoms with Gasteiger partial charge in [0.2, 0.25) is 0 Å². The van der Waals surface area contributed by atoms with E-state index in [-0.39, 0.29) is 12.6 Å². The number of ether oxygens (including phenoxy) is 6. The molecule has 8 nitrogen and oxygen atoms in total. The molecule has 180 valence electrons. The van der Waals surface area contributed by atoms with E-state index in [4.69, 9.17) is 33.5 Å². The first-order valence-electron chi connectivity index (χ1n) is 11.5. The molecule has 30 heavy (non-hydrogen) atoms. The third kappa shape index (κ3) is 25.3. The summed E-state index contributed by atoms with van der Waals surface area (Å²) in [7, 11) is 0. The molecule has 0 bridgehead atoms. The Labute approximate surface area is 182 Å². The number of carbonyl (C=O) groups excluding carboxylic acids is 1. The van der Waals surface area contributed by atoms with Crippen LogP contribution in [0.1, 0.15) is 58.3 Å². The van der Waals surface area contributed by atoms with Crippen LogP contribution < -0.4 is 0 Å². The van der Waals surface area contributed by atoms with Crippen molar-refractivity contribution < 1.29 is 38.3 Å². The molecule has 0 rings (SSSR count). The summed E-state index contributed by atoms with van der Waals surface area (Å²) in [6, 6.07) is 0. The van der Waals surface area contributed by atoms with Crippen LogP contribution in [0.15, 0.2) is 0 Å². The van der Waals surface area contributed by atoms with Crippen molar-refractivity contribution in [1.82, 2.24) is 0 Å². The molecule has 0 radical (unpaired) electrons. The summed E-state index contributed by atoms with van der Waals surface area (Å²) in [5.41, 5.74) is 0. The Bertz CT molecular complexity index is 341. The minimum Gasteiger partial charge on any atom is -0.463 e. The van der Waals surface area contributed by atoms with Crippen LogP contribution >= 0.6 is 0 Å². The molecular weight excluding hydrogens is 392 g/mol. The first kappa shape index (κ1) is 29.2. The van der Waals surface area contributed by atoms with Gasteiger partial charge in [-0.2, -0.15) is 0 Å². The second-order valence-corrected chi connectivity index (χ2v) is 6.88. The molecule has 8 heteroatoms. The monoisotopic (exact) mass is 436 g/mol. The Balaban J connectivity index is 3.11. The van der Waals surface area contributed by atoms with Crippen LogP contribution in [0.5, 0.6) is 0 Å². The van der Waals surface area contributed by atoms with Crippen molar-refractivity contribution in [3.05, 3.63) is 0 Å². The SMILES string of the molecule is CCCCCCCCCC(=O)OCCOCCOCCOCCOCCOCCO. The Morgan fingerprint density at radius 2 is 0.967 bits per heavy atom. The van der Waals surface area contributed by atoms with Crippen LogP contribution in [0.25, 0.3) is 0 Å². The van der Waals surface area contributed by atoms with Crippen molar-refractivity contribution in [3.63, 3.8) is 0 Å². The molecule has 0 aromatic rings. The lowest BCUT2D eigenvalue weighted by molar-refractivity contribution is -0.145.